The Morgan fingerprint density at radius 3 is 2.54 bits per heavy atom. The van der Waals surface area contributed by atoms with E-state index in [1.165, 1.54) is 0 Å². The molecule has 28 heavy (non-hydrogen) atoms. The second-order valence-electron chi connectivity index (χ2n) is 7.74. The molecule has 0 fully saturated rings. The quantitative estimate of drug-likeness (QED) is 0.611. The summed E-state index contributed by atoms with van der Waals surface area (Å²) in [6, 6.07) is 5.56. The molecule has 0 aliphatic carbocycles. The van der Waals surface area contributed by atoms with Gasteiger partial charge in [0.05, 0.1) is 17.1 Å². The third-order valence-corrected chi connectivity index (χ3v) is 3.79. The number of anilines is 1. The second kappa shape index (κ2) is 9.78. The Bertz CT molecular complexity index is 806. The van der Waals surface area contributed by atoms with E-state index in [-0.39, 0.29) is 6.10 Å². The van der Waals surface area contributed by atoms with Crippen molar-refractivity contribution < 1.29 is 14.3 Å². The number of fused-ring (bicyclic) bond motifs is 1. The van der Waals surface area contributed by atoms with E-state index in [1.54, 1.807) is 0 Å². The highest BCUT2D eigenvalue weighted by molar-refractivity contribution is 6.32. The number of amides is 1. The summed E-state index contributed by atoms with van der Waals surface area (Å²) in [7, 11) is 0. The Morgan fingerprint density at radius 1 is 1.14 bits per heavy atom. The van der Waals surface area contributed by atoms with Crippen LogP contribution in [0.3, 0.4) is 0 Å². The third kappa shape index (κ3) is 7.38. The van der Waals surface area contributed by atoms with E-state index >= 15 is 0 Å². The fraction of sp³-hybridized carbons (Fsp3) is 0.550. The van der Waals surface area contributed by atoms with Gasteiger partial charge < -0.3 is 20.1 Å². The molecule has 1 amide bonds. The standard InChI is InChI=1S/C20H29ClN4O3/c1-13(2)27-14-8-9-15-16(12-14)25-18(17(21)24-15)22-10-6-7-11-23-19(26)28-20(3,4)5/h8-9,12-13H,6-7,10-11H2,1-5H3,(H,22,25)(H,23,26). The minimum atomic E-state index is -0.489. The van der Waals surface area contributed by atoms with Gasteiger partial charge in [0.25, 0.3) is 0 Å². The van der Waals surface area contributed by atoms with Gasteiger partial charge in [-0.1, -0.05) is 11.6 Å². The average molecular weight is 409 g/mol. The summed E-state index contributed by atoms with van der Waals surface area (Å²) in [4.78, 5) is 20.5. The molecule has 0 saturated carbocycles. The Kier molecular flexibility index (Phi) is 7.69. The summed E-state index contributed by atoms with van der Waals surface area (Å²) in [5.41, 5.74) is 0.946. The van der Waals surface area contributed by atoms with Crippen LogP contribution in [0.1, 0.15) is 47.5 Å². The molecule has 0 saturated heterocycles. The fourth-order valence-electron chi connectivity index (χ4n) is 2.43. The average Bonchev–Trinajstić information content (AvgIpc) is 2.56. The molecule has 1 heterocycles. The minimum Gasteiger partial charge on any atom is -0.491 e. The number of unbranched alkanes of at least 4 members (excludes halogenated alkanes) is 1. The molecule has 7 nitrogen and oxygen atoms in total. The Hall–Kier alpha value is -2.28. The topological polar surface area (TPSA) is 85.4 Å². The van der Waals surface area contributed by atoms with Gasteiger partial charge in [-0.3, -0.25) is 0 Å². The summed E-state index contributed by atoms with van der Waals surface area (Å²) in [5, 5.41) is 6.27. The number of carbonyl (C=O) groups is 1. The number of nitrogens with one attached hydrogen (secondary N) is 2. The second-order valence-corrected chi connectivity index (χ2v) is 8.10. The van der Waals surface area contributed by atoms with Crippen molar-refractivity contribution in [2.24, 2.45) is 0 Å². The first-order chi connectivity index (χ1) is 13.1. The van der Waals surface area contributed by atoms with E-state index in [1.807, 2.05) is 52.8 Å². The molecule has 2 rings (SSSR count). The molecule has 1 aromatic heterocycles. The first-order valence-corrected chi connectivity index (χ1v) is 9.86. The summed E-state index contributed by atoms with van der Waals surface area (Å²) in [6.07, 6.45) is 1.33. The Balaban J connectivity index is 1.83. The van der Waals surface area contributed by atoms with Gasteiger partial charge in [0.2, 0.25) is 0 Å². The summed E-state index contributed by atoms with van der Waals surface area (Å²) in [6.45, 7) is 10.7. The van der Waals surface area contributed by atoms with Gasteiger partial charge in [0.15, 0.2) is 11.0 Å². The molecule has 0 atom stereocenters. The number of carbonyl (C=O) groups excluding carboxylic acids is 1. The maximum atomic E-state index is 11.6. The molecule has 8 heteroatoms. The number of nitrogens with zero attached hydrogens (tertiary/aromatic N) is 2. The SMILES string of the molecule is CC(C)Oc1ccc2nc(Cl)c(NCCCCNC(=O)OC(C)(C)C)nc2c1. The molecular formula is C20H29ClN4O3. The van der Waals surface area contributed by atoms with Gasteiger partial charge in [-0.15, -0.1) is 0 Å². The van der Waals surface area contributed by atoms with Crippen LogP contribution in [0.2, 0.25) is 5.15 Å². The van der Waals surface area contributed by atoms with Crippen LogP contribution >= 0.6 is 11.6 Å². The lowest BCUT2D eigenvalue weighted by Crippen LogP contribution is -2.33. The van der Waals surface area contributed by atoms with Crippen LogP contribution in [0.15, 0.2) is 18.2 Å². The molecule has 2 aromatic rings. The van der Waals surface area contributed by atoms with Gasteiger partial charge in [-0.25, -0.2) is 14.8 Å². The number of hydrogen-bond donors (Lipinski definition) is 2. The number of alkyl carbamates (subject to hydrolysis) is 1. The monoisotopic (exact) mass is 408 g/mol. The van der Waals surface area contributed by atoms with E-state index in [2.05, 4.69) is 20.6 Å². The molecule has 2 N–H and O–H groups in total. The Morgan fingerprint density at radius 2 is 1.86 bits per heavy atom. The van der Waals surface area contributed by atoms with Gasteiger partial charge in [0.1, 0.15) is 11.4 Å². The van der Waals surface area contributed by atoms with Crippen molar-refractivity contribution in [1.82, 2.24) is 15.3 Å². The summed E-state index contributed by atoms with van der Waals surface area (Å²) >= 11 is 6.23. The molecule has 0 unspecified atom stereocenters. The highest BCUT2D eigenvalue weighted by Gasteiger charge is 2.15. The smallest absolute Gasteiger partial charge is 0.407 e. The van der Waals surface area contributed by atoms with Crippen molar-refractivity contribution in [2.75, 3.05) is 18.4 Å². The van der Waals surface area contributed by atoms with Gasteiger partial charge in [-0.05, 0) is 59.6 Å². The van der Waals surface area contributed by atoms with Crippen LogP contribution in [0.5, 0.6) is 5.75 Å². The zero-order chi connectivity index (χ0) is 20.7. The maximum absolute atomic E-state index is 11.6. The zero-order valence-corrected chi connectivity index (χ0v) is 17.9. The molecule has 1 aromatic carbocycles. The largest absolute Gasteiger partial charge is 0.491 e. The molecule has 0 spiro atoms. The Labute approximate surface area is 171 Å². The first kappa shape index (κ1) is 22.0. The van der Waals surface area contributed by atoms with Crippen molar-refractivity contribution in [3.05, 3.63) is 23.4 Å². The lowest BCUT2D eigenvalue weighted by molar-refractivity contribution is 0.0527. The number of ether oxygens (including phenoxy) is 2. The predicted molar refractivity (Wildman–Crippen MR) is 112 cm³/mol. The van der Waals surface area contributed by atoms with Crippen molar-refractivity contribution in [3.8, 4) is 5.75 Å². The van der Waals surface area contributed by atoms with Crippen molar-refractivity contribution in [3.63, 3.8) is 0 Å². The van der Waals surface area contributed by atoms with Gasteiger partial charge >= 0.3 is 6.09 Å². The van der Waals surface area contributed by atoms with Crippen LogP contribution < -0.4 is 15.4 Å². The summed E-state index contributed by atoms with van der Waals surface area (Å²) in [5.74, 6) is 1.29. The van der Waals surface area contributed by atoms with E-state index in [0.29, 0.717) is 29.6 Å². The lowest BCUT2D eigenvalue weighted by Gasteiger charge is -2.19. The predicted octanol–water partition coefficient (Wildman–Crippen LogP) is 4.79. The van der Waals surface area contributed by atoms with Crippen LogP contribution in [0, 0.1) is 0 Å². The van der Waals surface area contributed by atoms with E-state index in [9.17, 15) is 4.79 Å². The number of hydrogen-bond acceptors (Lipinski definition) is 6. The van der Waals surface area contributed by atoms with Crippen LogP contribution in [0.25, 0.3) is 11.0 Å². The zero-order valence-electron chi connectivity index (χ0n) is 17.1. The third-order valence-electron chi connectivity index (χ3n) is 3.53. The fourth-order valence-corrected chi connectivity index (χ4v) is 2.63. The number of benzene rings is 1. The number of halogens is 1. The van der Waals surface area contributed by atoms with E-state index in [4.69, 9.17) is 21.1 Å². The lowest BCUT2D eigenvalue weighted by atomic mass is 10.2. The van der Waals surface area contributed by atoms with Crippen molar-refractivity contribution in [1.29, 1.82) is 0 Å². The van der Waals surface area contributed by atoms with Crippen molar-refractivity contribution in [2.45, 2.75) is 59.2 Å². The number of aromatic nitrogens is 2. The normalized spacial score (nSPS) is 11.5. The highest BCUT2D eigenvalue weighted by atomic mass is 35.5. The van der Waals surface area contributed by atoms with Crippen LogP contribution in [0.4, 0.5) is 10.6 Å². The molecular weight excluding hydrogens is 380 g/mol. The van der Waals surface area contributed by atoms with E-state index in [0.717, 1.165) is 24.1 Å². The molecule has 0 bridgehead atoms. The van der Waals surface area contributed by atoms with Crippen molar-refractivity contribution >= 4 is 34.5 Å². The molecule has 0 aliphatic heterocycles. The first-order valence-electron chi connectivity index (χ1n) is 9.49. The molecule has 0 aliphatic rings. The minimum absolute atomic E-state index is 0.0876. The molecule has 0 radical (unpaired) electrons. The van der Waals surface area contributed by atoms with E-state index < -0.39 is 11.7 Å². The number of rotatable bonds is 8. The van der Waals surface area contributed by atoms with Crippen LogP contribution in [-0.2, 0) is 4.74 Å². The summed E-state index contributed by atoms with van der Waals surface area (Å²) < 4.78 is 10.9. The van der Waals surface area contributed by atoms with Gasteiger partial charge in [0, 0.05) is 19.2 Å². The maximum Gasteiger partial charge on any atom is 0.407 e. The molecule has 154 valence electrons. The van der Waals surface area contributed by atoms with Gasteiger partial charge in [-0.2, -0.15) is 0 Å². The van der Waals surface area contributed by atoms with Crippen LogP contribution in [-0.4, -0.2) is 40.9 Å². The highest BCUT2D eigenvalue weighted by Crippen LogP contribution is 2.24.